The quantitative estimate of drug-likeness (QED) is 0.556. The number of anilines is 2. The molecular weight excluding hydrogens is 174 g/mol. The van der Waals surface area contributed by atoms with Crippen LogP contribution in [0, 0.1) is 23.7 Å². The molecular formula is C11H11N3. The van der Waals surface area contributed by atoms with Crippen LogP contribution in [0.25, 0.3) is 0 Å². The summed E-state index contributed by atoms with van der Waals surface area (Å²) in [7, 11) is 1.84. The number of rotatable bonds is 2. The van der Waals surface area contributed by atoms with Gasteiger partial charge in [-0.1, -0.05) is 5.92 Å². The lowest BCUT2D eigenvalue weighted by atomic mass is 10.1. The molecule has 0 unspecified atom stereocenters. The van der Waals surface area contributed by atoms with Gasteiger partial charge in [0.05, 0.1) is 17.8 Å². The Morgan fingerprint density at radius 2 is 2.29 bits per heavy atom. The van der Waals surface area contributed by atoms with Crippen molar-refractivity contribution in [1.82, 2.24) is 0 Å². The van der Waals surface area contributed by atoms with Gasteiger partial charge in [0.2, 0.25) is 0 Å². The second kappa shape index (κ2) is 4.20. The third-order valence-corrected chi connectivity index (χ3v) is 1.88. The van der Waals surface area contributed by atoms with Crippen LogP contribution < -0.4 is 10.6 Å². The fourth-order valence-corrected chi connectivity index (χ4v) is 1.20. The number of hydrogen-bond donors (Lipinski definition) is 1. The minimum absolute atomic E-state index is 0.471. The predicted octanol–water partition coefficient (Wildman–Crippen LogP) is 1.21. The number of nitrogens with two attached hydrogens (primary N) is 1. The normalized spacial score (nSPS) is 8.79. The van der Waals surface area contributed by atoms with Crippen molar-refractivity contribution in [3.8, 4) is 18.4 Å². The van der Waals surface area contributed by atoms with E-state index in [1.807, 2.05) is 11.9 Å². The van der Waals surface area contributed by atoms with Gasteiger partial charge in [-0.15, -0.1) is 6.42 Å². The highest BCUT2D eigenvalue weighted by molar-refractivity contribution is 5.64. The number of nitrogens with zero attached hydrogens (tertiary/aromatic N) is 2. The zero-order valence-corrected chi connectivity index (χ0v) is 7.99. The van der Waals surface area contributed by atoms with Crippen LogP contribution in [0.3, 0.4) is 0 Å². The Bertz CT molecular complexity index is 410. The molecule has 0 spiro atoms. The van der Waals surface area contributed by atoms with Crippen LogP contribution in [0.2, 0.25) is 0 Å². The van der Waals surface area contributed by atoms with Crippen LogP contribution in [-0.4, -0.2) is 13.6 Å². The molecule has 0 fully saturated rings. The summed E-state index contributed by atoms with van der Waals surface area (Å²) in [5.41, 5.74) is 7.50. The molecule has 3 nitrogen and oxygen atoms in total. The fourth-order valence-electron chi connectivity index (χ4n) is 1.20. The van der Waals surface area contributed by atoms with Gasteiger partial charge in [0.1, 0.15) is 6.07 Å². The SMILES string of the molecule is C#CCN(C)c1ccc(N)cc1C#N. The van der Waals surface area contributed by atoms with Gasteiger partial charge in [-0.25, -0.2) is 0 Å². The molecule has 1 rings (SSSR count). The Hall–Kier alpha value is -2.13. The van der Waals surface area contributed by atoms with E-state index in [1.54, 1.807) is 18.2 Å². The van der Waals surface area contributed by atoms with Crippen molar-refractivity contribution in [1.29, 1.82) is 5.26 Å². The maximum Gasteiger partial charge on any atom is 0.101 e. The van der Waals surface area contributed by atoms with E-state index in [9.17, 15) is 0 Å². The van der Waals surface area contributed by atoms with Gasteiger partial charge in [-0.2, -0.15) is 5.26 Å². The molecule has 1 aromatic rings. The topological polar surface area (TPSA) is 53.0 Å². The first-order chi connectivity index (χ1) is 6.69. The van der Waals surface area contributed by atoms with Crippen LogP contribution in [0.5, 0.6) is 0 Å². The first kappa shape index (κ1) is 9.95. The van der Waals surface area contributed by atoms with Gasteiger partial charge in [0.15, 0.2) is 0 Å². The zero-order chi connectivity index (χ0) is 10.6. The molecule has 70 valence electrons. The third kappa shape index (κ3) is 1.97. The summed E-state index contributed by atoms with van der Waals surface area (Å²) in [4.78, 5) is 1.83. The highest BCUT2D eigenvalue weighted by atomic mass is 15.1. The Labute approximate surface area is 83.7 Å². The molecule has 0 heterocycles. The molecule has 0 aliphatic heterocycles. The molecule has 0 saturated carbocycles. The first-order valence-corrected chi connectivity index (χ1v) is 4.13. The number of benzene rings is 1. The second-order valence-corrected chi connectivity index (χ2v) is 2.95. The lowest BCUT2D eigenvalue weighted by molar-refractivity contribution is 1.05. The summed E-state index contributed by atoms with van der Waals surface area (Å²) in [5, 5.41) is 8.88. The molecule has 1 aromatic carbocycles. The van der Waals surface area contributed by atoms with E-state index < -0.39 is 0 Å². The zero-order valence-electron chi connectivity index (χ0n) is 7.99. The molecule has 0 radical (unpaired) electrons. The van der Waals surface area contributed by atoms with E-state index in [0.717, 1.165) is 5.69 Å². The van der Waals surface area contributed by atoms with Gasteiger partial charge in [-0.3, -0.25) is 0 Å². The average Bonchev–Trinajstić information content (AvgIpc) is 2.17. The minimum Gasteiger partial charge on any atom is -0.399 e. The highest BCUT2D eigenvalue weighted by Crippen LogP contribution is 2.20. The summed E-state index contributed by atoms with van der Waals surface area (Å²) >= 11 is 0. The minimum atomic E-state index is 0.471. The van der Waals surface area contributed by atoms with Gasteiger partial charge < -0.3 is 10.6 Å². The van der Waals surface area contributed by atoms with E-state index >= 15 is 0 Å². The molecule has 0 atom stereocenters. The van der Waals surface area contributed by atoms with Crippen LogP contribution >= 0.6 is 0 Å². The molecule has 0 saturated heterocycles. The highest BCUT2D eigenvalue weighted by Gasteiger charge is 2.05. The summed E-state index contributed by atoms with van der Waals surface area (Å²) in [6.07, 6.45) is 5.19. The van der Waals surface area contributed by atoms with E-state index in [1.165, 1.54) is 0 Å². The largest absolute Gasteiger partial charge is 0.399 e. The molecule has 0 aliphatic carbocycles. The first-order valence-electron chi connectivity index (χ1n) is 4.13. The Morgan fingerprint density at radius 3 is 2.86 bits per heavy atom. The standard InChI is InChI=1S/C11H11N3/c1-3-6-14(2)11-5-4-10(13)7-9(11)8-12/h1,4-5,7H,6,13H2,2H3. The van der Waals surface area contributed by atoms with Crippen molar-refractivity contribution in [2.45, 2.75) is 0 Å². The summed E-state index contributed by atoms with van der Waals surface area (Å²) in [6.45, 7) is 0.471. The maximum absolute atomic E-state index is 8.88. The average molecular weight is 185 g/mol. The van der Waals surface area contributed by atoms with Gasteiger partial charge in [0.25, 0.3) is 0 Å². The molecule has 0 aliphatic rings. The molecule has 2 N–H and O–H groups in total. The van der Waals surface area contributed by atoms with Crippen LogP contribution in [0.15, 0.2) is 18.2 Å². The molecule has 0 bridgehead atoms. The van der Waals surface area contributed by atoms with E-state index in [0.29, 0.717) is 17.8 Å². The third-order valence-electron chi connectivity index (χ3n) is 1.88. The summed E-state index contributed by atoms with van der Waals surface area (Å²) < 4.78 is 0. The van der Waals surface area contributed by atoms with Gasteiger partial charge >= 0.3 is 0 Å². The lowest BCUT2D eigenvalue weighted by Gasteiger charge is -2.17. The Balaban J connectivity index is 3.10. The second-order valence-electron chi connectivity index (χ2n) is 2.95. The van der Waals surface area contributed by atoms with Crippen molar-refractivity contribution in [3.05, 3.63) is 23.8 Å². The predicted molar refractivity (Wildman–Crippen MR) is 57.7 cm³/mol. The van der Waals surface area contributed by atoms with Crippen molar-refractivity contribution in [3.63, 3.8) is 0 Å². The van der Waals surface area contributed by atoms with Crippen molar-refractivity contribution in [2.24, 2.45) is 0 Å². The molecule has 14 heavy (non-hydrogen) atoms. The number of terminal acetylenes is 1. The smallest absolute Gasteiger partial charge is 0.101 e. The summed E-state index contributed by atoms with van der Waals surface area (Å²) in [5.74, 6) is 2.52. The van der Waals surface area contributed by atoms with Crippen LogP contribution in [0.4, 0.5) is 11.4 Å². The van der Waals surface area contributed by atoms with Crippen molar-refractivity contribution >= 4 is 11.4 Å². The lowest BCUT2D eigenvalue weighted by Crippen LogP contribution is -2.18. The van der Waals surface area contributed by atoms with E-state index in [2.05, 4.69) is 12.0 Å². The Kier molecular flexibility index (Phi) is 2.99. The molecule has 0 aromatic heterocycles. The fraction of sp³-hybridized carbons (Fsp3) is 0.182. The van der Waals surface area contributed by atoms with Crippen molar-refractivity contribution < 1.29 is 0 Å². The Morgan fingerprint density at radius 1 is 1.57 bits per heavy atom. The molecule has 3 heteroatoms. The number of nitrogen functional groups attached to an aromatic ring is 1. The number of hydrogen-bond acceptors (Lipinski definition) is 3. The van der Waals surface area contributed by atoms with Crippen molar-refractivity contribution in [2.75, 3.05) is 24.2 Å². The molecule has 0 amide bonds. The number of nitriles is 1. The monoisotopic (exact) mass is 185 g/mol. The van der Waals surface area contributed by atoms with Gasteiger partial charge in [-0.05, 0) is 18.2 Å². The summed E-state index contributed by atoms with van der Waals surface area (Å²) in [6, 6.07) is 7.28. The maximum atomic E-state index is 8.88. The van der Waals surface area contributed by atoms with E-state index in [-0.39, 0.29) is 0 Å². The van der Waals surface area contributed by atoms with E-state index in [4.69, 9.17) is 17.4 Å². The van der Waals surface area contributed by atoms with Crippen LogP contribution in [0.1, 0.15) is 5.56 Å². The van der Waals surface area contributed by atoms with Gasteiger partial charge in [0, 0.05) is 12.7 Å². The van der Waals surface area contributed by atoms with Crippen LogP contribution in [-0.2, 0) is 0 Å².